The lowest BCUT2D eigenvalue weighted by Crippen LogP contribution is -2.56. The highest BCUT2D eigenvalue weighted by Crippen LogP contribution is 2.63. The summed E-state index contributed by atoms with van der Waals surface area (Å²) in [7, 11) is 3.59. The van der Waals surface area contributed by atoms with Crippen molar-refractivity contribution in [1.82, 2.24) is 59.4 Å². The maximum atomic E-state index is 12.8. The first-order valence-corrected chi connectivity index (χ1v) is 23.0. The van der Waals surface area contributed by atoms with E-state index in [0.29, 0.717) is 28.3 Å². The zero-order chi connectivity index (χ0) is 47.7. The molecule has 68 heavy (non-hydrogen) atoms. The first kappa shape index (κ1) is 44.3. The van der Waals surface area contributed by atoms with E-state index in [4.69, 9.17) is 9.84 Å². The Labute approximate surface area is 388 Å². The predicted molar refractivity (Wildman–Crippen MR) is 252 cm³/mol. The summed E-state index contributed by atoms with van der Waals surface area (Å²) in [5.41, 5.74) is 5.84. The Hall–Kier alpha value is -7.57. The number of fused-ring (bicyclic) bond motifs is 4. The van der Waals surface area contributed by atoms with Gasteiger partial charge in [-0.25, -0.2) is 29.4 Å². The standard InChI is InChI=1S/C22H22N6O2.C18H24N4O3.C9H8N2O2/c1-27-16-6-3-2-5-15(16)19(26-27)20(29)23-14-11-22(12-14)9-13(10-22)18-17-7-4-8-28(17)21(30)25-24-18;1-17(2,3)25-16(24)19-12-9-18(10-12)7-11(8-18)14-13-5-4-6-22(13)15(23)21-20-14;1-11-7-5-3-2-4-6(7)8(10-11)9(12)13/h2-8,13-14H,9-12H2,1H3,(H,23,29)(H,25,30);4-6,11-12H,7-10H2,1-3H3,(H,19,24)(H,21,23);2-5H,1H3,(H,12,13). The number of hydrogen-bond acceptors (Lipinski definition) is 10. The van der Waals surface area contributed by atoms with Crippen molar-refractivity contribution in [2.75, 3.05) is 0 Å². The number of ether oxygens (including phenoxy) is 1. The number of aryl methyl sites for hydroxylation is 2. The van der Waals surface area contributed by atoms with Crippen molar-refractivity contribution >= 4 is 50.8 Å². The third kappa shape index (κ3) is 8.19. The highest BCUT2D eigenvalue weighted by Gasteiger charge is 2.55. The number of rotatable bonds is 6. The maximum Gasteiger partial charge on any atom is 0.407 e. The van der Waals surface area contributed by atoms with Crippen LogP contribution in [0.25, 0.3) is 32.8 Å². The molecule has 6 aromatic heterocycles. The molecule has 0 unspecified atom stereocenters. The summed E-state index contributed by atoms with van der Waals surface area (Å²) in [5, 5.41) is 38.6. The summed E-state index contributed by atoms with van der Waals surface area (Å²) in [6, 6.07) is 23.1. The summed E-state index contributed by atoms with van der Waals surface area (Å²) in [4.78, 5) is 59.0. The van der Waals surface area contributed by atoms with Crippen LogP contribution in [0.15, 0.2) is 94.8 Å². The molecule has 4 aliphatic rings. The molecule has 0 bridgehead atoms. The van der Waals surface area contributed by atoms with Crippen LogP contribution >= 0.6 is 0 Å². The van der Waals surface area contributed by atoms with E-state index >= 15 is 0 Å². The third-order valence-electron chi connectivity index (χ3n) is 14.2. The van der Waals surface area contributed by atoms with Crippen molar-refractivity contribution in [3.8, 4) is 0 Å². The summed E-state index contributed by atoms with van der Waals surface area (Å²) in [6.45, 7) is 5.60. The Kier molecular flexibility index (Phi) is 10.8. The molecular weight excluding hydrogens is 869 g/mol. The minimum Gasteiger partial charge on any atom is -0.476 e. The molecule has 8 aromatic rings. The van der Waals surface area contributed by atoms with E-state index < -0.39 is 11.6 Å². The molecule has 12 rings (SSSR count). The summed E-state index contributed by atoms with van der Waals surface area (Å²) >= 11 is 0. The van der Waals surface area contributed by atoms with Crippen molar-refractivity contribution in [3.63, 3.8) is 0 Å². The second-order valence-corrected chi connectivity index (χ2v) is 20.2. The van der Waals surface area contributed by atoms with E-state index in [9.17, 15) is 24.0 Å². The number of benzene rings is 2. The molecule has 0 saturated heterocycles. The number of aromatic amines is 2. The van der Waals surface area contributed by atoms with Crippen LogP contribution in [0.4, 0.5) is 4.79 Å². The van der Waals surface area contributed by atoms with Crippen molar-refractivity contribution in [3.05, 3.63) is 129 Å². The van der Waals surface area contributed by atoms with Crippen LogP contribution in [0, 0.1) is 10.8 Å². The minimum atomic E-state index is -0.989. The van der Waals surface area contributed by atoms with Gasteiger partial charge in [0.1, 0.15) is 5.60 Å². The van der Waals surface area contributed by atoms with Crippen LogP contribution in [0.2, 0.25) is 0 Å². The number of nitrogens with zero attached hydrogens (tertiary/aromatic N) is 8. The Morgan fingerprint density at radius 2 is 1.06 bits per heavy atom. The molecule has 4 saturated carbocycles. The zero-order valence-corrected chi connectivity index (χ0v) is 38.5. The second kappa shape index (κ2) is 16.6. The molecule has 4 fully saturated rings. The van der Waals surface area contributed by atoms with E-state index in [1.807, 2.05) is 88.5 Å². The number of nitrogens with one attached hydrogen (secondary N) is 4. The third-order valence-corrected chi connectivity index (χ3v) is 14.2. The van der Waals surface area contributed by atoms with Crippen LogP contribution in [0.5, 0.6) is 0 Å². The molecule has 19 heteroatoms. The van der Waals surface area contributed by atoms with Crippen molar-refractivity contribution in [2.45, 2.75) is 102 Å². The smallest absolute Gasteiger partial charge is 0.407 e. The number of carboxylic acid groups (broad SMARTS) is 1. The molecule has 5 N–H and O–H groups in total. The minimum absolute atomic E-state index is 0.0975. The van der Waals surface area contributed by atoms with E-state index in [2.05, 4.69) is 41.2 Å². The number of alkyl carbamates (subject to hydrolysis) is 1. The number of carboxylic acids is 1. The maximum absolute atomic E-state index is 12.8. The molecule has 0 atom stereocenters. The van der Waals surface area contributed by atoms with Gasteiger partial charge in [-0.05, 0) is 119 Å². The Morgan fingerprint density at radius 3 is 1.53 bits per heavy atom. The van der Waals surface area contributed by atoms with Gasteiger partial charge in [0.15, 0.2) is 11.4 Å². The van der Waals surface area contributed by atoms with Gasteiger partial charge in [-0.1, -0.05) is 36.4 Å². The SMILES string of the molecule is CC(C)(C)OC(=O)NC1CC2(C1)CC(c1n[nH]c(=O)n3cccc13)C2.Cn1nc(C(=O)NC2CC3(C2)CC(c2n[nH]c(=O)n4cccc24)C3)c2ccccc21.Cn1nc(C(=O)O)c2ccccc21. The zero-order valence-electron chi connectivity index (χ0n) is 38.5. The van der Waals surface area contributed by atoms with Crippen molar-refractivity contribution in [2.24, 2.45) is 24.9 Å². The molecule has 0 aliphatic heterocycles. The van der Waals surface area contributed by atoms with Gasteiger partial charge in [-0.3, -0.25) is 23.0 Å². The average Bonchev–Trinajstić information content (AvgIpc) is 4.07. The normalized spacial score (nSPS) is 23.7. The number of aromatic carboxylic acids is 1. The first-order chi connectivity index (χ1) is 32.5. The lowest BCUT2D eigenvalue weighted by molar-refractivity contribution is -0.0262. The number of aromatic nitrogens is 10. The predicted octanol–water partition coefficient (Wildman–Crippen LogP) is 6.21. The van der Waals surface area contributed by atoms with Crippen molar-refractivity contribution < 1.29 is 24.2 Å². The Bertz CT molecular complexity index is 3360. The van der Waals surface area contributed by atoms with Gasteiger partial charge >= 0.3 is 23.4 Å². The Morgan fingerprint density at radius 1 is 0.632 bits per heavy atom. The molecule has 4 aliphatic carbocycles. The molecule has 0 radical (unpaired) electrons. The van der Waals surface area contributed by atoms with Crippen molar-refractivity contribution in [1.29, 1.82) is 0 Å². The van der Waals surface area contributed by atoms with Gasteiger partial charge < -0.3 is 20.5 Å². The highest BCUT2D eigenvalue weighted by atomic mass is 16.6. The molecule has 2 aromatic carbocycles. The van der Waals surface area contributed by atoms with Gasteiger partial charge in [0.2, 0.25) is 0 Å². The fraction of sp³-hybridized carbons (Fsp3) is 0.408. The Balaban J connectivity index is 0.000000128. The van der Waals surface area contributed by atoms with Gasteiger partial charge in [-0.2, -0.15) is 20.4 Å². The quantitative estimate of drug-likeness (QED) is 0.126. The van der Waals surface area contributed by atoms with E-state index in [0.717, 1.165) is 90.2 Å². The first-order valence-electron chi connectivity index (χ1n) is 23.0. The van der Waals surface area contributed by atoms with Gasteiger partial charge in [0, 0.05) is 61.2 Å². The number of hydrogen-bond donors (Lipinski definition) is 5. The molecule has 6 heterocycles. The number of amides is 2. The number of carbonyl (C=O) groups excluding carboxylic acids is 2. The fourth-order valence-corrected chi connectivity index (χ4v) is 11.3. The molecular formula is C49H54N12O7. The topological polar surface area (TPSA) is 241 Å². The van der Waals surface area contributed by atoms with Crippen LogP contribution < -0.4 is 22.0 Å². The molecule has 2 spiro atoms. The molecule has 19 nitrogen and oxygen atoms in total. The lowest BCUT2D eigenvalue weighted by Gasteiger charge is -2.57. The van der Waals surface area contributed by atoms with E-state index in [-0.39, 0.29) is 46.6 Å². The van der Waals surface area contributed by atoms with Crippen LogP contribution in [0.1, 0.15) is 116 Å². The summed E-state index contributed by atoms with van der Waals surface area (Å²) in [6.07, 6.45) is 11.4. The van der Waals surface area contributed by atoms with Gasteiger partial charge in [0.05, 0.1) is 33.5 Å². The molecule has 352 valence electrons. The lowest BCUT2D eigenvalue weighted by atomic mass is 9.49. The number of para-hydroxylation sites is 2. The van der Waals surface area contributed by atoms with Crippen LogP contribution in [-0.4, -0.2) is 89.5 Å². The van der Waals surface area contributed by atoms with Gasteiger partial charge in [0.25, 0.3) is 5.91 Å². The monoisotopic (exact) mass is 922 g/mol. The number of carbonyl (C=O) groups is 3. The average molecular weight is 923 g/mol. The largest absolute Gasteiger partial charge is 0.476 e. The van der Waals surface area contributed by atoms with Crippen LogP contribution in [0.3, 0.4) is 0 Å². The van der Waals surface area contributed by atoms with Crippen LogP contribution in [-0.2, 0) is 18.8 Å². The summed E-state index contributed by atoms with van der Waals surface area (Å²) < 4.78 is 11.9. The number of H-pyrrole nitrogens is 2. The summed E-state index contributed by atoms with van der Waals surface area (Å²) in [5.74, 6) is -0.358. The van der Waals surface area contributed by atoms with E-state index in [1.165, 1.54) is 0 Å². The fourth-order valence-electron chi connectivity index (χ4n) is 11.3. The van der Waals surface area contributed by atoms with Gasteiger partial charge in [-0.15, -0.1) is 0 Å². The molecule has 2 amide bonds. The second-order valence-electron chi connectivity index (χ2n) is 20.2. The highest BCUT2D eigenvalue weighted by molar-refractivity contribution is 6.05. The van der Waals surface area contributed by atoms with E-state index in [1.54, 1.807) is 49.7 Å².